The molecule has 0 bridgehead atoms. The van der Waals surface area contributed by atoms with E-state index < -0.39 is 5.82 Å². The summed E-state index contributed by atoms with van der Waals surface area (Å²) < 4.78 is 14.8. The molecule has 104 valence electrons. The predicted octanol–water partition coefficient (Wildman–Crippen LogP) is 1.73. The summed E-state index contributed by atoms with van der Waals surface area (Å²) >= 11 is 5.64. The Balaban J connectivity index is 1.94. The van der Waals surface area contributed by atoms with Gasteiger partial charge in [-0.05, 0) is 23.3 Å². The number of nitrogens with one attached hydrogen (secondary N) is 1. The molecule has 0 atom stereocenters. The van der Waals surface area contributed by atoms with Crippen LogP contribution in [0, 0.1) is 5.82 Å². The molecular weight excluding hydrogens is 281 g/mol. The van der Waals surface area contributed by atoms with Gasteiger partial charge in [-0.3, -0.25) is 4.79 Å². The van der Waals surface area contributed by atoms with Gasteiger partial charge in [0.2, 0.25) is 0 Å². The van der Waals surface area contributed by atoms with Crippen LogP contribution in [0.25, 0.3) is 0 Å². The van der Waals surface area contributed by atoms with E-state index in [1.807, 2.05) is 0 Å². The summed E-state index contributed by atoms with van der Waals surface area (Å²) in [4.78, 5) is 12.0. The Labute approximate surface area is 120 Å². The number of nitrogens with zero attached hydrogens (tertiary/aromatic N) is 2. The molecule has 0 unspecified atom stereocenters. The molecule has 3 rings (SSSR count). The summed E-state index contributed by atoms with van der Waals surface area (Å²) in [5, 5.41) is 7.64. The molecule has 0 fully saturated rings. The Morgan fingerprint density at radius 3 is 3.05 bits per heavy atom. The average Bonchev–Trinajstić information content (AvgIpc) is 2.44. The van der Waals surface area contributed by atoms with Crippen molar-refractivity contribution < 1.29 is 4.39 Å². The van der Waals surface area contributed by atoms with E-state index in [0.717, 1.165) is 24.2 Å². The minimum atomic E-state index is -0.487. The lowest BCUT2D eigenvalue weighted by Crippen LogP contribution is -2.31. The first-order chi connectivity index (χ1) is 9.63. The van der Waals surface area contributed by atoms with Gasteiger partial charge in [-0.25, -0.2) is 9.07 Å². The lowest BCUT2D eigenvalue weighted by molar-refractivity contribution is 0.560. The Kier molecular flexibility index (Phi) is 3.54. The minimum Gasteiger partial charge on any atom is -0.312 e. The Hall–Kier alpha value is -1.72. The molecule has 6 heteroatoms. The van der Waals surface area contributed by atoms with Crippen molar-refractivity contribution in [1.29, 1.82) is 0 Å². The topological polar surface area (TPSA) is 46.9 Å². The number of benzene rings is 1. The smallest absolute Gasteiger partial charge is 0.267 e. The Morgan fingerprint density at radius 2 is 2.25 bits per heavy atom. The van der Waals surface area contributed by atoms with Crippen molar-refractivity contribution in [3.63, 3.8) is 0 Å². The molecule has 20 heavy (non-hydrogen) atoms. The monoisotopic (exact) mass is 293 g/mol. The summed E-state index contributed by atoms with van der Waals surface area (Å²) in [6.45, 7) is 1.77. The lowest BCUT2D eigenvalue weighted by atomic mass is 10.1. The highest BCUT2D eigenvalue weighted by molar-refractivity contribution is 6.30. The first kappa shape index (κ1) is 13.3. The highest BCUT2D eigenvalue weighted by atomic mass is 35.5. The molecule has 2 aromatic rings. The molecule has 0 amide bonds. The van der Waals surface area contributed by atoms with E-state index in [1.54, 1.807) is 12.1 Å². The van der Waals surface area contributed by atoms with E-state index in [4.69, 9.17) is 11.6 Å². The van der Waals surface area contributed by atoms with Gasteiger partial charge in [-0.1, -0.05) is 17.7 Å². The number of hydrogen-bond acceptors (Lipinski definition) is 3. The predicted molar refractivity (Wildman–Crippen MR) is 74.4 cm³/mol. The minimum absolute atomic E-state index is 0.0746. The molecule has 0 aliphatic carbocycles. The first-order valence-corrected chi connectivity index (χ1v) is 6.76. The molecule has 0 saturated heterocycles. The number of rotatable bonds is 2. The maximum atomic E-state index is 13.4. The number of fused-ring (bicyclic) bond motifs is 1. The van der Waals surface area contributed by atoms with Crippen molar-refractivity contribution in [3.8, 4) is 0 Å². The molecule has 0 radical (unpaired) electrons. The van der Waals surface area contributed by atoms with Crippen LogP contribution in [0.15, 0.2) is 29.1 Å². The van der Waals surface area contributed by atoms with Crippen LogP contribution in [0.3, 0.4) is 0 Å². The summed E-state index contributed by atoms with van der Waals surface area (Å²) in [5.74, 6) is -0.487. The van der Waals surface area contributed by atoms with Crippen LogP contribution in [-0.2, 0) is 19.5 Å². The van der Waals surface area contributed by atoms with Gasteiger partial charge in [-0.15, -0.1) is 0 Å². The van der Waals surface area contributed by atoms with Gasteiger partial charge in [0, 0.05) is 25.6 Å². The third-order valence-corrected chi connectivity index (χ3v) is 3.64. The molecule has 1 aliphatic rings. The van der Waals surface area contributed by atoms with E-state index in [9.17, 15) is 9.18 Å². The summed E-state index contributed by atoms with van der Waals surface area (Å²) in [6.07, 6.45) is 0.796. The van der Waals surface area contributed by atoms with Gasteiger partial charge in [-0.2, -0.15) is 5.10 Å². The fourth-order valence-corrected chi connectivity index (χ4v) is 2.40. The van der Waals surface area contributed by atoms with Crippen molar-refractivity contribution >= 4 is 11.6 Å². The van der Waals surface area contributed by atoms with E-state index in [-0.39, 0.29) is 17.1 Å². The second-order valence-corrected chi connectivity index (χ2v) is 5.19. The summed E-state index contributed by atoms with van der Waals surface area (Å²) in [6, 6.07) is 6.11. The summed E-state index contributed by atoms with van der Waals surface area (Å²) in [5.41, 5.74) is 2.36. The van der Waals surface area contributed by atoms with Gasteiger partial charge in [0.1, 0.15) is 5.82 Å². The fraction of sp³-hybridized carbons (Fsp3) is 0.286. The second-order valence-electron chi connectivity index (χ2n) is 4.79. The zero-order valence-corrected chi connectivity index (χ0v) is 11.5. The molecule has 0 spiro atoms. The molecule has 4 nitrogen and oxygen atoms in total. The molecule has 0 saturated carbocycles. The highest BCUT2D eigenvalue weighted by Crippen LogP contribution is 2.16. The third kappa shape index (κ3) is 2.59. The average molecular weight is 294 g/mol. The van der Waals surface area contributed by atoms with Crippen LogP contribution in [0.2, 0.25) is 5.02 Å². The van der Waals surface area contributed by atoms with Gasteiger partial charge in [0.05, 0.1) is 17.3 Å². The van der Waals surface area contributed by atoms with Crippen LogP contribution in [0.5, 0.6) is 0 Å². The van der Waals surface area contributed by atoms with Crippen molar-refractivity contribution in [3.05, 3.63) is 62.3 Å². The molecule has 1 N–H and O–H groups in total. The van der Waals surface area contributed by atoms with E-state index in [0.29, 0.717) is 12.1 Å². The first-order valence-electron chi connectivity index (χ1n) is 6.38. The molecule has 2 heterocycles. The zero-order chi connectivity index (χ0) is 14.1. The SMILES string of the molecule is O=c1cc2c(nn1Cc1ccc(Cl)c(F)c1)CCNC2. The van der Waals surface area contributed by atoms with Crippen molar-refractivity contribution in [2.75, 3.05) is 6.54 Å². The Bertz CT molecular complexity index is 714. The molecule has 1 aromatic carbocycles. The molecular formula is C14H13ClFN3O. The fourth-order valence-electron chi connectivity index (χ4n) is 2.28. The maximum Gasteiger partial charge on any atom is 0.267 e. The standard InChI is InChI=1S/C14H13ClFN3O/c15-11-2-1-9(5-12(11)16)8-19-14(20)6-10-7-17-4-3-13(10)18-19/h1-2,5-6,17H,3-4,7-8H2. The van der Waals surface area contributed by atoms with Gasteiger partial charge in [0.15, 0.2) is 0 Å². The third-order valence-electron chi connectivity index (χ3n) is 3.33. The number of halogens is 2. The van der Waals surface area contributed by atoms with Gasteiger partial charge >= 0.3 is 0 Å². The van der Waals surface area contributed by atoms with Crippen LogP contribution < -0.4 is 10.9 Å². The van der Waals surface area contributed by atoms with Gasteiger partial charge < -0.3 is 5.32 Å². The van der Waals surface area contributed by atoms with E-state index in [1.165, 1.54) is 16.8 Å². The summed E-state index contributed by atoms with van der Waals surface area (Å²) in [7, 11) is 0. The van der Waals surface area contributed by atoms with E-state index in [2.05, 4.69) is 10.4 Å². The normalized spacial score (nSPS) is 14.1. The molecule has 1 aromatic heterocycles. The quantitative estimate of drug-likeness (QED) is 0.917. The zero-order valence-electron chi connectivity index (χ0n) is 10.7. The van der Waals surface area contributed by atoms with Crippen LogP contribution in [0.4, 0.5) is 4.39 Å². The van der Waals surface area contributed by atoms with Crippen molar-refractivity contribution in [2.45, 2.75) is 19.5 Å². The van der Waals surface area contributed by atoms with E-state index >= 15 is 0 Å². The van der Waals surface area contributed by atoms with Gasteiger partial charge in [0.25, 0.3) is 5.56 Å². The van der Waals surface area contributed by atoms with Crippen LogP contribution >= 0.6 is 11.6 Å². The largest absolute Gasteiger partial charge is 0.312 e. The van der Waals surface area contributed by atoms with Crippen molar-refractivity contribution in [2.24, 2.45) is 0 Å². The Morgan fingerprint density at radius 1 is 1.40 bits per heavy atom. The number of aromatic nitrogens is 2. The van der Waals surface area contributed by atoms with Crippen LogP contribution in [-0.4, -0.2) is 16.3 Å². The highest BCUT2D eigenvalue weighted by Gasteiger charge is 2.13. The number of hydrogen-bond donors (Lipinski definition) is 1. The molecule has 1 aliphatic heterocycles. The second kappa shape index (κ2) is 5.34. The van der Waals surface area contributed by atoms with Crippen molar-refractivity contribution in [1.82, 2.24) is 15.1 Å². The lowest BCUT2D eigenvalue weighted by Gasteiger charge is -2.17. The maximum absolute atomic E-state index is 13.4. The van der Waals surface area contributed by atoms with Crippen LogP contribution in [0.1, 0.15) is 16.8 Å².